The number of benzene rings is 2. The summed E-state index contributed by atoms with van der Waals surface area (Å²) in [6, 6.07) is 15.5. The number of ether oxygens (including phenoxy) is 1. The molecule has 1 saturated carbocycles. The van der Waals surface area contributed by atoms with Crippen LogP contribution >= 0.6 is 11.6 Å². The number of para-hydroxylation sites is 1. The molecular weight excluding hydrogens is 358 g/mol. The Bertz CT molecular complexity index is 843. The van der Waals surface area contributed by atoms with E-state index in [1.165, 1.54) is 0 Å². The van der Waals surface area contributed by atoms with Crippen molar-refractivity contribution in [3.63, 3.8) is 0 Å². The Morgan fingerprint density at radius 1 is 1.11 bits per heavy atom. The van der Waals surface area contributed by atoms with Gasteiger partial charge in [-0.2, -0.15) is 0 Å². The van der Waals surface area contributed by atoms with E-state index >= 15 is 0 Å². The summed E-state index contributed by atoms with van der Waals surface area (Å²) in [6.45, 7) is 2.63. The Balaban J connectivity index is 1.55. The van der Waals surface area contributed by atoms with Gasteiger partial charge in [-0.1, -0.05) is 66.6 Å². The number of halogens is 1. The maximum Gasteiger partial charge on any atom is 0.231 e. The summed E-state index contributed by atoms with van der Waals surface area (Å²) in [6.07, 6.45) is 3.85. The normalized spacial score (nSPS) is 14.9. The number of aryl methyl sites for hydroxylation is 1. The van der Waals surface area contributed by atoms with Crippen LogP contribution in [0.2, 0.25) is 5.02 Å². The van der Waals surface area contributed by atoms with Gasteiger partial charge >= 0.3 is 0 Å². The zero-order chi connectivity index (χ0) is 19.1. The molecule has 1 N–H and O–H groups in total. The van der Waals surface area contributed by atoms with E-state index in [2.05, 4.69) is 17.2 Å². The molecule has 1 aliphatic carbocycles. The van der Waals surface area contributed by atoms with Crippen LogP contribution in [0.1, 0.15) is 36.8 Å². The molecule has 0 unspecified atom stereocenters. The predicted molar refractivity (Wildman–Crippen MR) is 109 cm³/mol. The van der Waals surface area contributed by atoms with Crippen LogP contribution in [0, 0.1) is 18.8 Å². The molecular formula is C23H24ClNO2. The van der Waals surface area contributed by atoms with Crippen molar-refractivity contribution in [2.24, 2.45) is 0 Å². The largest absolute Gasteiger partial charge is 0.481 e. The van der Waals surface area contributed by atoms with E-state index in [4.69, 9.17) is 16.3 Å². The third kappa shape index (κ3) is 4.64. The first-order valence-corrected chi connectivity index (χ1v) is 9.68. The van der Waals surface area contributed by atoms with Crippen molar-refractivity contribution < 1.29 is 9.53 Å². The Hall–Kier alpha value is -2.44. The number of hydrogen-bond acceptors (Lipinski definition) is 2. The predicted octanol–water partition coefficient (Wildman–Crippen LogP) is 4.66. The van der Waals surface area contributed by atoms with Crippen molar-refractivity contribution in [2.75, 3.05) is 13.2 Å². The molecule has 2 aromatic rings. The van der Waals surface area contributed by atoms with Gasteiger partial charge in [0.1, 0.15) is 12.4 Å². The summed E-state index contributed by atoms with van der Waals surface area (Å²) in [5, 5.41) is 3.67. The lowest BCUT2D eigenvalue weighted by Gasteiger charge is -2.28. The van der Waals surface area contributed by atoms with Crippen LogP contribution in [0.5, 0.6) is 5.75 Å². The highest BCUT2D eigenvalue weighted by atomic mass is 35.5. The molecule has 0 heterocycles. The minimum Gasteiger partial charge on any atom is -0.481 e. The smallest absolute Gasteiger partial charge is 0.231 e. The molecule has 3 rings (SSSR count). The van der Waals surface area contributed by atoms with Crippen molar-refractivity contribution >= 4 is 17.5 Å². The van der Waals surface area contributed by atoms with E-state index in [9.17, 15) is 4.79 Å². The fraction of sp³-hybridized carbons (Fsp3) is 0.348. The molecule has 27 heavy (non-hydrogen) atoms. The van der Waals surface area contributed by atoms with E-state index < -0.39 is 5.41 Å². The van der Waals surface area contributed by atoms with Gasteiger partial charge < -0.3 is 10.1 Å². The molecule has 0 saturated heterocycles. The number of carbonyl (C=O) groups excluding carboxylic acids is 1. The van der Waals surface area contributed by atoms with Gasteiger partial charge in [-0.25, -0.2) is 0 Å². The lowest BCUT2D eigenvalue weighted by molar-refractivity contribution is -0.126. The lowest BCUT2D eigenvalue weighted by atomic mass is 9.78. The second-order valence-electron chi connectivity index (χ2n) is 6.89. The van der Waals surface area contributed by atoms with Crippen LogP contribution in [0.15, 0.2) is 48.5 Å². The Kier molecular flexibility index (Phi) is 6.42. The van der Waals surface area contributed by atoms with Gasteiger partial charge in [0.2, 0.25) is 5.91 Å². The quantitative estimate of drug-likeness (QED) is 0.765. The minimum atomic E-state index is -0.454. The molecule has 0 spiro atoms. The van der Waals surface area contributed by atoms with Gasteiger partial charge in [-0.05, 0) is 49.1 Å². The number of hydrogen-bond donors (Lipinski definition) is 1. The molecule has 0 bridgehead atoms. The van der Waals surface area contributed by atoms with Crippen LogP contribution in [0.4, 0.5) is 0 Å². The van der Waals surface area contributed by atoms with Gasteiger partial charge in [0.15, 0.2) is 0 Å². The fourth-order valence-corrected chi connectivity index (χ4v) is 3.76. The van der Waals surface area contributed by atoms with E-state index in [-0.39, 0.29) is 5.91 Å². The molecule has 4 heteroatoms. The van der Waals surface area contributed by atoms with Crippen molar-refractivity contribution in [1.82, 2.24) is 5.32 Å². The van der Waals surface area contributed by atoms with Gasteiger partial charge in [-0.15, -0.1) is 0 Å². The molecule has 0 aromatic heterocycles. The number of carbonyl (C=O) groups is 1. The molecule has 1 fully saturated rings. The van der Waals surface area contributed by atoms with Crippen LogP contribution in [-0.4, -0.2) is 19.1 Å². The van der Waals surface area contributed by atoms with Crippen LogP contribution in [-0.2, 0) is 10.2 Å². The second-order valence-corrected chi connectivity index (χ2v) is 7.32. The third-order valence-electron chi connectivity index (χ3n) is 5.14. The Morgan fingerprint density at radius 3 is 2.52 bits per heavy atom. The Labute approximate surface area is 166 Å². The average Bonchev–Trinajstić information content (AvgIpc) is 3.17. The van der Waals surface area contributed by atoms with Gasteiger partial charge in [0.05, 0.1) is 12.0 Å². The van der Waals surface area contributed by atoms with Crippen LogP contribution in [0.3, 0.4) is 0 Å². The molecule has 1 amide bonds. The fourth-order valence-electron chi connectivity index (χ4n) is 3.63. The van der Waals surface area contributed by atoms with Gasteiger partial charge in [-0.3, -0.25) is 4.79 Å². The highest BCUT2D eigenvalue weighted by Crippen LogP contribution is 2.41. The standard InChI is InChI=1S/C23H24ClNO2/c1-18-8-2-3-9-21(18)27-17-7-6-16-25-22(26)23(14-4-5-15-23)19-10-12-20(24)13-11-19/h2-3,8-13H,4-5,14-17H2,1H3,(H,25,26). The van der Waals surface area contributed by atoms with E-state index in [0.717, 1.165) is 42.6 Å². The second kappa shape index (κ2) is 8.97. The SMILES string of the molecule is Cc1ccccc1OCC#CCNC(=O)C1(c2ccc(Cl)cc2)CCCC1. The zero-order valence-electron chi connectivity index (χ0n) is 15.6. The zero-order valence-corrected chi connectivity index (χ0v) is 16.3. The molecule has 2 aromatic carbocycles. The highest BCUT2D eigenvalue weighted by Gasteiger charge is 2.42. The number of nitrogens with one attached hydrogen (secondary N) is 1. The summed E-state index contributed by atoms with van der Waals surface area (Å²) >= 11 is 6.00. The molecule has 0 radical (unpaired) electrons. The molecule has 0 aliphatic heterocycles. The van der Waals surface area contributed by atoms with E-state index in [0.29, 0.717) is 18.2 Å². The first-order valence-electron chi connectivity index (χ1n) is 9.30. The Morgan fingerprint density at radius 2 is 1.81 bits per heavy atom. The summed E-state index contributed by atoms with van der Waals surface area (Å²) in [4.78, 5) is 12.9. The van der Waals surface area contributed by atoms with Crippen molar-refractivity contribution in [3.8, 4) is 17.6 Å². The van der Waals surface area contributed by atoms with Crippen LogP contribution < -0.4 is 10.1 Å². The summed E-state index contributed by atoms with van der Waals surface area (Å²) in [5.41, 5.74) is 1.67. The average molecular weight is 382 g/mol. The molecule has 0 atom stereocenters. The van der Waals surface area contributed by atoms with Crippen molar-refractivity contribution in [3.05, 3.63) is 64.7 Å². The summed E-state index contributed by atoms with van der Waals surface area (Å²) in [7, 11) is 0. The lowest BCUT2D eigenvalue weighted by Crippen LogP contribution is -2.42. The van der Waals surface area contributed by atoms with Crippen molar-refractivity contribution in [2.45, 2.75) is 38.0 Å². The summed E-state index contributed by atoms with van der Waals surface area (Å²) in [5.74, 6) is 6.83. The van der Waals surface area contributed by atoms with Gasteiger partial charge in [0.25, 0.3) is 0 Å². The topological polar surface area (TPSA) is 38.3 Å². The maximum absolute atomic E-state index is 12.9. The summed E-state index contributed by atoms with van der Waals surface area (Å²) < 4.78 is 5.65. The monoisotopic (exact) mass is 381 g/mol. The molecule has 3 nitrogen and oxygen atoms in total. The van der Waals surface area contributed by atoms with Crippen LogP contribution in [0.25, 0.3) is 0 Å². The minimum absolute atomic E-state index is 0.0523. The third-order valence-corrected chi connectivity index (χ3v) is 5.40. The first kappa shape index (κ1) is 19.3. The first-order chi connectivity index (χ1) is 13.1. The van der Waals surface area contributed by atoms with E-state index in [1.54, 1.807) is 0 Å². The van der Waals surface area contributed by atoms with E-state index in [1.807, 2.05) is 55.5 Å². The highest BCUT2D eigenvalue weighted by molar-refractivity contribution is 6.30. The van der Waals surface area contributed by atoms with Gasteiger partial charge in [0, 0.05) is 5.02 Å². The number of rotatable bonds is 5. The number of amides is 1. The van der Waals surface area contributed by atoms with Crippen molar-refractivity contribution in [1.29, 1.82) is 0 Å². The molecule has 140 valence electrons. The molecule has 1 aliphatic rings. The maximum atomic E-state index is 12.9.